The first-order chi connectivity index (χ1) is 18.6. The van der Waals surface area contributed by atoms with E-state index in [1.54, 1.807) is 31.2 Å². The lowest BCUT2D eigenvalue weighted by Gasteiger charge is -2.16. The molecule has 0 heterocycles. The molecule has 1 atom stereocenters. The van der Waals surface area contributed by atoms with Crippen LogP contribution in [0.5, 0.6) is 5.75 Å². The van der Waals surface area contributed by atoms with E-state index in [4.69, 9.17) is 16.3 Å². The van der Waals surface area contributed by atoms with Crippen LogP contribution >= 0.6 is 11.6 Å². The lowest BCUT2D eigenvalue weighted by molar-refractivity contribution is -0.135. The molecule has 4 aromatic carbocycles. The van der Waals surface area contributed by atoms with E-state index in [-0.39, 0.29) is 16.9 Å². The molecule has 200 valence electrons. The van der Waals surface area contributed by atoms with Crippen LogP contribution in [-0.2, 0) is 11.2 Å². The highest BCUT2D eigenvalue weighted by Gasteiger charge is 2.22. The Labute approximate surface area is 231 Å². The number of ether oxygens (including phenoxy) is 1. The summed E-state index contributed by atoms with van der Waals surface area (Å²) in [6, 6.07) is 21.9. The molecule has 4 rings (SSSR count). The van der Waals surface area contributed by atoms with Crippen molar-refractivity contribution in [1.29, 1.82) is 0 Å². The highest BCUT2D eigenvalue weighted by atomic mass is 35.5. The Morgan fingerprint density at radius 2 is 1.64 bits per heavy atom. The molecular weight excluding hydrogens is 520 g/mol. The van der Waals surface area contributed by atoms with Crippen molar-refractivity contribution in [2.24, 2.45) is 5.92 Å². The summed E-state index contributed by atoms with van der Waals surface area (Å²) in [6.45, 7) is 6.02. The van der Waals surface area contributed by atoms with E-state index in [9.17, 15) is 18.4 Å². The van der Waals surface area contributed by atoms with E-state index in [0.29, 0.717) is 22.2 Å². The third-order valence-corrected chi connectivity index (χ3v) is 6.47. The number of anilines is 1. The van der Waals surface area contributed by atoms with Crippen molar-refractivity contribution in [2.75, 3.05) is 5.32 Å². The molecule has 0 aliphatic rings. The largest absolute Gasteiger partial charge is 0.425 e. The molecule has 1 unspecified atom stereocenters. The van der Waals surface area contributed by atoms with Gasteiger partial charge in [-0.25, -0.2) is 8.78 Å². The van der Waals surface area contributed by atoms with Crippen LogP contribution in [0, 0.1) is 17.6 Å². The fraction of sp³-hybridized carbons (Fsp3) is 0.188. The van der Waals surface area contributed by atoms with Gasteiger partial charge in [0.05, 0.1) is 11.5 Å². The Morgan fingerprint density at radius 3 is 2.31 bits per heavy atom. The lowest BCUT2D eigenvalue weighted by Crippen LogP contribution is -2.20. The molecular formula is C32H28ClF2NO3. The van der Waals surface area contributed by atoms with Gasteiger partial charge >= 0.3 is 5.97 Å². The molecule has 0 saturated carbocycles. The maximum atomic E-state index is 14.5. The minimum absolute atomic E-state index is 0.00373. The minimum atomic E-state index is -0.782. The molecule has 0 bridgehead atoms. The van der Waals surface area contributed by atoms with Crippen LogP contribution < -0.4 is 10.1 Å². The van der Waals surface area contributed by atoms with Crippen LogP contribution in [0.25, 0.3) is 11.1 Å². The number of amides is 1. The van der Waals surface area contributed by atoms with E-state index in [0.717, 1.165) is 24.1 Å². The summed E-state index contributed by atoms with van der Waals surface area (Å²) >= 11 is 6.04. The number of nitrogens with one attached hydrogen (secondary N) is 1. The van der Waals surface area contributed by atoms with Crippen molar-refractivity contribution in [3.8, 4) is 16.9 Å². The van der Waals surface area contributed by atoms with Crippen LogP contribution in [0.2, 0.25) is 5.02 Å². The molecule has 0 aliphatic carbocycles. The smallest absolute Gasteiger partial charge is 0.318 e. The van der Waals surface area contributed by atoms with Crippen molar-refractivity contribution in [2.45, 2.75) is 33.1 Å². The average Bonchev–Trinajstić information content (AvgIpc) is 2.88. The van der Waals surface area contributed by atoms with Crippen LogP contribution in [0.3, 0.4) is 0 Å². The fourth-order valence-electron chi connectivity index (χ4n) is 4.20. The maximum Gasteiger partial charge on any atom is 0.318 e. The molecule has 0 spiro atoms. The fourth-order valence-corrected chi connectivity index (χ4v) is 4.39. The summed E-state index contributed by atoms with van der Waals surface area (Å²) in [4.78, 5) is 26.4. The number of benzene rings is 4. The average molecular weight is 548 g/mol. The highest BCUT2D eigenvalue weighted by Crippen LogP contribution is 2.31. The van der Waals surface area contributed by atoms with Crippen molar-refractivity contribution in [3.63, 3.8) is 0 Å². The molecule has 0 aliphatic heterocycles. The maximum absolute atomic E-state index is 14.5. The van der Waals surface area contributed by atoms with Gasteiger partial charge in [0, 0.05) is 22.3 Å². The van der Waals surface area contributed by atoms with Gasteiger partial charge in [0.15, 0.2) is 0 Å². The monoisotopic (exact) mass is 547 g/mol. The standard InChI is InChI=1S/C32H28ClF2NO3/c1-19(2)15-21-7-9-22(10-8-21)20(3)32(38)39-30-14-11-23(27-13-12-25(34)18-29(27)35)16-28(30)31(37)36-26-6-4-5-24(33)17-26/h4-14,16-20H,15H2,1-3H3,(H,36,37). The molecule has 39 heavy (non-hydrogen) atoms. The zero-order chi connectivity index (χ0) is 28.1. The van der Waals surface area contributed by atoms with Gasteiger partial charge < -0.3 is 10.1 Å². The Morgan fingerprint density at radius 1 is 0.897 bits per heavy atom. The Bertz CT molecular complexity index is 1500. The van der Waals surface area contributed by atoms with Crippen molar-refractivity contribution in [3.05, 3.63) is 118 Å². The normalized spacial score (nSPS) is 11.8. The van der Waals surface area contributed by atoms with Gasteiger partial charge in [-0.05, 0) is 78.4 Å². The summed E-state index contributed by atoms with van der Waals surface area (Å²) in [5.74, 6) is -2.71. The van der Waals surface area contributed by atoms with E-state index in [1.165, 1.54) is 29.8 Å². The summed E-state index contributed by atoms with van der Waals surface area (Å²) in [5, 5.41) is 3.16. The molecule has 4 aromatic rings. The second-order valence-corrected chi connectivity index (χ2v) is 10.2. The zero-order valence-electron chi connectivity index (χ0n) is 21.8. The molecule has 1 N–H and O–H groups in total. The minimum Gasteiger partial charge on any atom is -0.425 e. The molecule has 4 nitrogen and oxygen atoms in total. The van der Waals surface area contributed by atoms with Crippen molar-refractivity contribution >= 4 is 29.2 Å². The predicted molar refractivity (Wildman–Crippen MR) is 150 cm³/mol. The summed E-state index contributed by atoms with van der Waals surface area (Å²) in [5.41, 5.74) is 2.81. The molecule has 0 saturated heterocycles. The van der Waals surface area contributed by atoms with Crippen molar-refractivity contribution < 1.29 is 23.1 Å². The van der Waals surface area contributed by atoms with Crippen LogP contribution in [0.1, 0.15) is 48.2 Å². The van der Waals surface area contributed by atoms with Gasteiger partial charge in [0.25, 0.3) is 5.91 Å². The molecule has 0 radical (unpaired) electrons. The van der Waals surface area contributed by atoms with E-state index in [2.05, 4.69) is 19.2 Å². The predicted octanol–water partition coefficient (Wildman–Crippen LogP) is 8.45. The topological polar surface area (TPSA) is 55.4 Å². The van der Waals surface area contributed by atoms with Gasteiger partial charge in [-0.15, -0.1) is 0 Å². The molecule has 1 amide bonds. The number of hydrogen-bond acceptors (Lipinski definition) is 3. The molecule has 7 heteroatoms. The lowest BCUT2D eigenvalue weighted by atomic mass is 9.97. The summed E-state index contributed by atoms with van der Waals surface area (Å²) in [7, 11) is 0. The SMILES string of the molecule is CC(C)Cc1ccc(C(C)C(=O)Oc2ccc(-c3ccc(F)cc3F)cc2C(=O)Nc2cccc(Cl)c2)cc1. The number of carbonyl (C=O) groups is 2. The molecule has 0 fully saturated rings. The van der Waals surface area contributed by atoms with Gasteiger partial charge in [0.2, 0.25) is 0 Å². The van der Waals surface area contributed by atoms with E-state index < -0.39 is 29.4 Å². The third-order valence-electron chi connectivity index (χ3n) is 6.24. The van der Waals surface area contributed by atoms with Gasteiger partial charge in [-0.2, -0.15) is 0 Å². The quantitative estimate of drug-likeness (QED) is 0.178. The van der Waals surface area contributed by atoms with Gasteiger partial charge in [-0.3, -0.25) is 9.59 Å². The van der Waals surface area contributed by atoms with Crippen LogP contribution in [0.4, 0.5) is 14.5 Å². The van der Waals surface area contributed by atoms with E-state index >= 15 is 0 Å². The number of hydrogen-bond donors (Lipinski definition) is 1. The van der Waals surface area contributed by atoms with Crippen LogP contribution in [0.15, 0.2) is 84.9 Å². The Kier molecular flexibility index (Phi) is 8.77. The highest BCUT2D eigenvalue weighted by molar-refractivity contribution is 6.31. The first kappa shape index (κ1) is 28.0. The Hall–Kier alpha value is -4.03. The second-order valence-electron chi connectivity index (χ2n) is 9.78. The number of esters is 1. The number of rotatable bonds is 8. The first-order valence-electron chi connectivity index (χ1n) is 12.6. The zero-order valence-corrected chi connectivity index (χ0v) is 22.6. The van der Waals surface area contributed by atoms with Crippen LogP contribution in [-0.4, -0.2) is 11.9 Å². The summed E-state index contributed by atoms with van der Waals surface area (Å²) < 4.78 is 33.7. The van der Waals surface area contributed by atoms with E-state index in [1.807, 2.05) is 24.3 Å². The third kappa shape index (κ3) is 7.09. The first-order valence-corrected chi connectivity index (χ1v) is 13.0. The molecule has 0 aromatic heterocycles. The Balaban J connectivity index is 1.64. The number of halogens is 3. The summed E-state index contributed by atoms with van der Waals surface area (Å²) in [6.07, 6.45) is 0.936. The van der Waals surface area contributed by atoms with Gasteiger partial charge in [-0.1, -0.05) is 61.8 Å². The number of carbonyl (C=O) groups excluding carboxylic acids is 2. The second kappa shape index (κ2) is 12.2. The van der Waals surface area contributed by atoms with Crippen molar-refractivity contribution in [1.82, 2.24) is 0 Å². The van der Waals surface area contributed by atoms with Gasteiger partial charge in [0.1, 0.15) is 17.4 Å².